The molecule has 26 heavy (non-hydrogen) atoms. The van der Waals surface area contributed by atoms with Gasteiger partial charge < -0.3 is 14.5 Å². The fourth-order valence-corrected chi connectivity index (χ4v) is 4.67. The minimum absolute atomic E-state index is 0.0294. The number of piperidine rings is 2. The number of likely N-dealkylation sites (tertiary alicyclic amines) is 2. The highest BCUT2D eigenvalue weighted by Crippen LogP contribution is 2.42. The van der Waals surface area contributed by atoms with Crippen molar-refractivity contribution in [1.82, 2.24) is 9.80 Å². The molecule has 2 amide bonds. The molecular formula is C20H25ClN2O3. The average Bonchev–Trinajstić information content (AvgIpc) is 3.48. The van der Waals surface area contributed by atoms with Gasteiger partial charge in [-0.2, -0.15) is 0 Å². The van der Waals surface area contributed by atoms with E-state index in [4.69, 9.17) is 16.3 Å². The Morgan fingerprint density at radius 2 is 2.08 bits per heavy atom. The predicted octanol–water partition coefficient (Wildman–Crippen LogP) is 3.36. The summed E-state index contributed by atoms with van der Waals surface area (Å²) >= 11 is 6.11. The van der Waals surface area contributed by atoms with E-state index in [2.05, 4.69) is 4.90 Å². The lowest BCUT2D eigenvalue weighted by Gasteiger charge is -2.48. The monoisotopic (exact) mass is 376 g/mol. The highest BCUT2D eigenvalue weighted by molar-refractivity contribution is 6.31. The molecule has 0 N–H and O–H groups in total. The molecule has 0 bridgehead atoms. The van der Waals surface area contributed by atoms with Gasteiger partial charge in [-0.05, 0) is 50.3 Å². The zero-order chi connectivity index (χ0) is 18.3. The Balaban J connectivity index is 1.54. The van der Waals surface area contributed by atoms with Crippen molar-refractivity contribution >= 4 is 23.4 Å². The molecule has 1 aromatic carbocycles. The molecule has 2 saturated heterocycles. The van der Waals surface area contributed by atoms with Crippen molar-refractivity contribution in [2.24, 2.45) is 5.41 Å². The lowest BCUT2D eigenvalue weighted by Crippen LogP contribution is -2.55. The van der Waals surface area contributed by atoms with Crippen LogP contribution in [0.1, 0.15) is 48.9 Å². The van der Waals surface area contributed by atoms with E-state index in [1.54, 1.807) is 25.3 Å². The van der Waals surface area contributed by atoms with Crippen LogP contribution in [0.3, 0.4) is 0 Å². The Morgan fingerprint density at radius 1 is 1.27 bits per heavy atom. The summed E-state index contributed by atoms with van der Waals surface area (Å²) in [5, 5.41) is 0.532. The van der Waals surface area contributed by atoms with Gasteiger partial charge in [-0.3, -0.25) is 9.59 Å². The van der Waals surface area contributed by atoms with Crippen molar-refractivity contribution in [2.45, 2.75) is 44.6 Å². The van der Waals surface area contributed by atoms with Crippen LogP contribution in [-0.4, -0.2) is 54.4 Å². The maximum atomic E-state index is 13.2. The van der Waals surface area contributed by atoms with Gasteiger partial charge in [-0.25, -0.2) is 0 Å². The fraction of sp³-hybridized carbons (Fsp3) is 0.600. The van der Waals surface area contributed by atoms with Gasteiger partial charge >= 0.3 is 0 Å². The Bertz CT molecular complexity index is 734. The number of ether oxygens (including phenoxy) is 1. The van der Waals surface area contributed by atoms with Crippen molar-refractivity contribution in [3.63, 3.8) is 0 Å². The average molecular weight is 377 g/mol. The quantitative estimate of drug-likeness (QED) is 0.812. The third kappa shape index (κ3) is 3.29. The van der Waals surface area contributed by atoms with Crippen LogP contribution in [0, 0.1) is 5.41 Å². The maximum absolute atomic E-state index is 13.2. The van der Waals surface area contributed by atoms with Crippen molar-refractivity contribution in [3.05, 3.63) is 28.8 Å². The Labute approximate surface area is 159 Å². The van der Waals surface area contributed by atoms with Gasteiger partial charge in [0, 0.05) is 42.5 Å². The molecule has 6 heteroatoms. The molecule has 2 aliphatic heterocycles. The molecule has 4 rings (SSSR count). The molecule has 1 atom stereocenters. The van der Waals surface area contributed by atoms with E-state index < -0.39 is 0 Å². The third-order valence-electron chi connectivity index (χ3n) is 6.02. The van der Waals surface area contributed by atoms with Gasteiger partial charge in [0.25, 0.3) is 5.91 Å². The van der Waals surface area contributed by atoms with Crippen molar-refractivity contribution in [3.8, 4) is 5.75 Å². The Morgan fingerprint density at radius 3 is 2.81 bits per heavy atom. The number of methoxy groups -OCH3 is 1. The van der Waals surface area contributed by atoms with Crippen LogP contribution in [-0.2, 0) is 4.79 Å². The number of hydrogen-bond acceptors (Lipinski definition) is 3. The van der Waals surface area contributed by atoms with Crippen LogP contribution in [0.4, 0.5) is 0 Å². The minimum Gasteiger partial charge on any atom is -0.496 e. The van der Waals surface area contributed by atoms with Crippen LogP contribution >= 0.6 is 11.6 Å². The van der Waals surface area contributed by atoms with Crippen LogP contribution in [0.2, 0.25) is 5.02 Å². The Kier molecular flexibility index (Phi) is 4.59. The first kappa shape index (κ1) is 17.7. The third-order valence-corrected chi connectivity index (χ3v) is 6.26. The zero-order valence-corrected chi connectivity index (χ0v) is 15.9. The molecule has 1 unspecified atom stereocenters. The molecule has 1 aliphatic carbocycles. The number of amides is 2. The summed E-state index contributed by atoms with van der Waals surface area (Å²) in [6.45, 7) is 2.25. The number of halogens is 1. The number of carbonyl (C=O) groups is 2. The molecule has 0 aromatic heterocycles. The first-order chi connectivity index (χ1) is 12.5. The number of carbonyl (C=O) groups excluding carboxylic acids is 2. The number of rotatable bonds is 3. The first-order valence-corrected chi connectivity index (χ1v) is 9.81. The predicted molar refractivity (Wildman–Crippen MR) is 99.5 cm³/mol. The van der Waals surface area contributed by atoms with Crippen LogP contribution in [0.15, 0.2) is 18.2 Å². The smallest absolute Gasteiger partial charge is 0.257 e. The van der Waals surface area contributed by atoms with Crippen molar-refractivity contribution < 1.29 is 14.3 Å². The highest BCUT2D eigenvalue weighted by atomic mass is 35.5. The topological polar surface area (TPSA) is 49.9 Å². The second-order valence-electron chi connectivity index (χ2n) is 7.93. The summed E-state index contributed by atoms with van der Waals surface area (Å²) in [6, 6.07) is 5.60. The zero-order valence-electron chi connectivity index (χ0n) is 15.2. The Hall–Kier alpha value is -1.75. The van der Waals surface area contributed by atoms with Crippen LogP contribution < -0.4 is 4.74 Å². The molecule has 3 aliphatic rings. The van der Waals surface area contributed by atoms with Crippen LogP contribution in [0.5, 0.6) is 5.75 Å². The molecule has 1 aromatic rings. The minimum atomic E-state index is -0.0294. The second kappa shape index (κ2) is 6.76. The summed E-state index contributed by atoms with van der Waals surface area (Å²) in [6.07, 6.45) is 5.81. The summed E-state index contributed by atoms with van der Waals surface area (Å²) < 4.78 is 5.36. The van der Waals surface area contributed by atoms with E-state index in [0.29, 0.717) is 35.3 Å². The van der Waals surface area contributed by atoms with Gasteiger partial charge in [0.05, 0.1) is 12.7 Å². The molecular weight excluding hydrogens is 352 g/mol. The van der Waals surface area contributed by atoms with E-state index in [1.165, 1.54) is 0 Å². The van der Waals surface area contributed by atoms with Gasteiger partial charge in [0.2, 0.25) is 5.91 Å². The van der Waals surface area contributed by atoms with Gasteiger partial charge in [0.15, 0.2) is 0 Å². The normalized spacial score (nSPS) is 26.3. The summed E-state index contributed by atoms with van der Waals surface area (Å²) in [5.41, 5.74) is 0.555. The number of nitrogens with zero attached hydrogens (tertiary/aromatic N) is 2. The van der Waals surface area contributed by atoms with E-state index >= 15 is 0 Å². The van der Waals surface area contributed by atoms with Crippen molar-refractivity contribution in [1.29, 1.82) is 0 Å². The molecule has 2 heterocycles. The maximum Gasteiger partial charge on any atom is 0.257 e. The SMILES string of the molecule is COc1ccc(Cl)cc1C(=O)N1CCCC2(CCC(=O)N(C3CC3)C2)C1. The fourth-order valence-electron chi connectivity index (χ4n) is 4.50. The summed E-state index contributed by atoms with van der Waals surface area (Å²) in [4.78, 5) is 29.4. The molecule has 0 radical (unpaired) electrons. The van der Waals surface area contributed by atoms with E-state index in [-0.39, 0.29) is 17.2 Å². The largest absolute Gasteiger partial charge is 0.496 e. The van der Waals surface area contributed by atoms with Gasteiger partial charge in [0.1, 0.15) is 5.75 Å². The van der Waals surface area contributed by atoms with Crippen LogP contribution in [0.25, 0.3) is 0 Å². The molecule has 5 nitrogen and oxygen atoms in total. The first-order valence-electron chi connectivity index (χ1n) is 9.44. The summed E-state index contributed by atoms with van der Waals surface area (Å²) in [5.74, 6) is 0.814. The molecule has 1 spiro atoms. The summed E-state index contributed by atoms with van der Waals surface area (Å²) in [7, 11) is 1.57. The van der Waals surface area contributed by atoms with E-state index in [1.807, 2.05) is 4.90 Å². The second-order valence-corrected chi connectivity index (χ2v) is 8.36. The van der Waals surface area contributed by atoms with E-state index in [9.17, 15) is 9.59 Å². The molecule has 3 fully saturated rings. The number of benzene rings is 1. The van der Waals surface area contributed by atoms with E-state index in [0.717, 1.165) is 45.2 Å². The lowest BCUT2D eigenvalue weighted by molar-refractivity contribution is -0.139. The molecule has 1 saturated carbocycles. The number of hydrogen-bond donors (Lipinski definition) is 0. The van der Waals surface area contributed by atoms with Gasteiger partial charge in [-0.1, -0.05) is 11.6 Å². The highest BCUT2D eigenvalue weighted by Gasteiger charge is 2.46. The standard InChI is InChI=1S/C20H25ClN2O3/c1-26-17-6-3-14(21)11-16(17)19(25)22-10-2-8-20(12-22)9-7-18(24)23(13-20)15-4-5-15/h3,6,11,15H,2,4-5,7-10,12-13H2,1H3. The molecule has 140 valence electrons. The van der Waals surface area contributed by atoms with Gasteiger partial charge in [-0.15, -0.1) is 0 Å². The lowest BCUT2D eigenvalue weighted by atomic mass is 9.73. The van der Waals surface area contributed by atoms with Crippen molar-refractivity contribution in [2.75, 3.05) is 26.7 Å².